The molecule has 4 nitrogen and oxygen atoms in total. The van der Waals surface area contributed by atoms with Gasteiger partial charge in [0, 0.05) is 24.6 Å². The van der Waals surface area contributed by atoms with Crippen LogP contribution < -0.4 is 0 Å². The molecular weight excluding hydrogens is 260 g/mol. The number of hydrogen-bond acceptors (Lipinski definition) is 5. The van der Waals surface area contributed by atoms with E-state index in [1.807, 2.05) is 11.8 Å². The minimum atomic E-state index is -0.462. The maximum absolute atomic E-state index is 10.5. The lowest BCUT2D eigenvalue weighted by Crippen LogP contribution is -2.44. The van der Waals surface area contributed by atoms with Crippen LogP contribution in [-0.4, -0.2) is 38.8 Å². The molecular formula is C14H20N2O2S. The third-order valence-electron chi connectivity index (χ3n) is 4.30. The van der Waals surface area contributed by atoms with E-state index < -0.39 is 6.10 Å². The first-order valence-electron chi connectivity index (χ1n) is 6.94. The van der Waals surface area contributed by atoms with Crippen molar-refractivity contribution in [3.63, 3.8) is 0 Å². The Morgan fingerprint density at radius 1 is 1.32 bits per heavy atom. The smallest absolute Gasteiger partial charge is 0.115 e. The molecule has 104 valence electrons. The monoisotopic (exact) mass is 280 g/mol. The predicted octanol–water partition coefficient (Wildman–Crippen LogP) is 2.20. The fraction of sp³-hybridized carbons (Fsp3) is 0.714. The van der Waals surface area contributed by atoms with Crippen molar-refractivity contribution in [1.82, 2.24) is 9.97 Å². The molecule has 5 heteroatoms. The van der Waals surface area contributed by atoms with E-state index in [2.05, 4.69) is 9.97 Å². The highest BCUT2D eigenvalue weighted by atomic mass is 32.2. The summed E-state index contributed by atoms with van der Waals surface area (Å²) in [5, 5.41) is 10.5. The number of aromatic nitrogens is 2. The zero-order chi connectivity index (χ0) is 13.1. The fourth-order valence-corrected chi connectivity index (χ4v) is 4.40. The topological polar surface area (TPSA) is 55.2 Å². The average Bonchev–Trinajstić information content (AvgIpc) is 2.48. The second kappa shape index (κ2) is 5.77. The van der Waals surface area contributed by atoms with Gasteiger partial charge in [0.2, 0.25) is 0 Å². The summed E-state index contributed by atoms with van der Waals surface area (Å²) < 4.78 is 6.07. The highest BCUT2D eigenvalue weighted by Crippen LogP contribution is 2.43. The Bertz CT molecular complexity index is 404. The first-order valence-corrected chi connectivity index (χ1v) is 8.09. The average molecular weight is 280 g/mol. The van der Waals surface area contributed by atoms with Gasteiger partial charge in [0.05, 0.1) is 11.7 Å². The Morgan fingerprint density at radius 3 is 2.79 bits per heavy atom. The van der Waals surface area contributed by atoms with Gasteiger partial charge in [0.15, 0.2) is 0 Å². The van der Waals surface area contributed by atoms with Crippen molar-refractivity contribution in [3.05, 3.63) is 24.3 Å². The van der Waals surface area contributed by atoms with Crippen molar-refractivity contribution >= 4 is 11.8 Å². The molecule has 0 saturated carbocycles. The minimum absolute atomic E-state index is 0.0186. The van der Waals surface area contributed by atoms with Gasteiger partial charge < -0.3 is 9.84 Å². The minimum Gasteiger partial charge on any atom is -0.388 e. The maximum atomic E-state index is 10.5. The zero-order valence-electron chi connectivity index (χ0n) is 11.0. The van der Waals surface area contributed by atoms with Gasteiger partial charge in [-0.25, -0.2) is 9.97 Å². The second-order valence-electron chi connectivity index (χ2n) is 5.51. The Hall–Kier alpha value is -0.650. The third kappa shape index (κ3) is 2.93. The normalized spacial score (nSPS) is 28.2. The van der Waals surface area contributed by atoms with Gasteiger partial charge in [0.1, 0.15) is 6.33 Å². The van der Waals surface area contributed by atoms with E-state index in [-0.39, 0.29) is 11.5 Å². The van der Waals surface area contributed by atoms with Gasteiger partial charge in [-0.2, -0.15) is 11.8 Å². The number of nitrogens with zero attached hydrogens (tertiary/aromatic N) is 2. The van der Waals surface area contributed by atoms with E-state index in [1.54, 1.807) is 12.4 Å². The summed E-state index contributed by atoms with van der Waals surface area (Å²) in [7, 11) is 0. The first-order chi connectivity index (χ1) is 9.29. The number of aliphatic hydroxyl groups is 1. The largest absolute Gasteiger partial charge is 0.388 e. The lowest BCUT2D eigenvalue weighted by atomic mass is 9.78. The Labute approximate surface area is 118 Å². The van der Waals surface area contributed by atoms with E-state index >= 15 is 0 Å². The summed E-state index contributed by atoms with van der Waals surface area (Å²) in [5.74, 6) is 2.62. The molecule has 2 aliphatic heterocycles. The molecule has 0 radical (unpaired) electrons. The van der Waals surface area contributed by atoms with Gasteiger partial charge in [-0.05, 0) is 43.1 Å². The number of aliphatic hydroxyl groups excluding tert-OH is 1. The number of hydrogen-bond donors (Lipinski definition) is 1. The van der Waals surface area contributed by atoms with Crippen LogP contribution in [0.4, 0.5) is 0 Å². The van der Waals surface area contributed by atoms with Gasteiger partial charge in [0.25, 0.3) is 0 Å². The van der Waals surface area contributed by atoms with Crippen LogP contribution in [0.1, 0.15) is 37.4 Å². The van der Waals surface area contributed by atoms with Crippen molar-refractivity contribution < 1.29 is 9.84 Å². The maximum Gasteiger partial charge on any atom is 0.115 e. The summed E-state index contributed by atoms with van der Waals surface area (Å²) in [4.78, 5) is 8.00. The van der Waals surface area contributed by atoms with Crippen LogP contribution in [0.3, 0.4) is 0 Å². The van der Waals surface area contributed by atoms with Crippen molar-refractivity contribution in [1.29, 1.82) is 0 Å². The van der Waals surface area contributed by atoms with Crippen molar-refractivity contribution in [2.75, 3.05) is 18.1 Å². The molecule has 1 N–H and O–H groups in total. The molecule has 2 atom stereocenters. The Morgan fingerprint density at radius 2 is 2.05 bits per heavy atom. The molecule has 1 aromatic heterocycles. The van der Waals surface area contributed by atoms with Crippen LogP contribution in [0, 0.1) is 5.92 Å². The summed E-state index contributed by atoms with van der Waals surface area (Å²) >= 11 is 2.01. The van der Waals surface area contributed by atoms with Crippen molar-refractivity contribution in [2.24, 2.45) is 5.92 Å². The highest BCUT2D eigenvalue weighted by Gasteiger charge is 2.41. The molecule has 0 aliphatic carbocycles. The summed E-state index contributed by atoms with van der Waals surface area (Å²) in [6, 6.07) is 0. The molecule has 3 rings (SSSR count). The van der Waals surface area contributed by atoms with Crippen LogP contribution in [0.2, 0.25) is 0 Å². The van der Waals surface area contributed by atoms with Gasteiger partial charge >= 0.3 is 0 Å². The molecule has 2 fully saturated rings. The van der Waals surface area contributed by atoms with Crippen LogP contribution >= 0.6 is 11.8 Å². The van der Waals surface area contributed by atoms with Crippen molar-refractivity contribution in [3.8, 4) is 0 Å². The number of thioether (sulfide) groups is 1. The highest BCUT2D eigenvalue weighted by molar-refractivity contribution is 7.99. The van der Waals surface area contributed by atoms with E-state index in [9.17, 15) is 5.11 Å². The first kappa shape index (κ1) is 13.3. The zero-order valence-corrected chi connectivity index (χ0v) is 11.8. The molecule has 2 unspecified atom stereocenters. The fourth-order valence-electron chi connectivity index (χ4n) is 3.16. The van der Waals surface area contributed by atoms with Gasteiger partial charge in [-0.15, -0.1) is 0 Å². The van der Waals surface area contributed by atoms with Crippen LogP contribution in [0.25, 0.3) is 0 Å². The molecule has 1 aromatic rings. The quantitative estimate of drug-likeness (QED) is 0.900. The SMILES string of the molecule is OC(c1cncnc1)C1CCOC2(CCSCC2)C1. The van der Waals surface area contributed by atoms with E-state index in [0.717, 1.165) is 37.9 Å². The van der Waals surface area contributed by atoms with Gasteiger partial charge in [-0.1, -0.05) is 0 Å². The molecule has 3 heterocycles. The van der Waals surface area contributed by atoms with E-state index in [0.29, 0.717) is 0 Å². The van der Waals surface area contributed by atoms with Gasteiger partial charge in [-0.3, -0.25) is 0 Å². The standard InChI is InChI=1S/C14H20N2O2S/c17-13(12-8-15-10-16-9-12)11-1-4-18-14(7-11)2-5-19-6-3-14/h8-11,13,17H,1-7H2. The summed E-state index contributed by atoms with van der Waals surface area (Å²) in [6.45, 7) is 0.764. The second-order valence-corrected chi connectivity index (χ2v) is 6.74. The van der Waals surface area contributed by atoms with E-state index in [4.69, 9.17) is 4.74 Å². The van der Waals surface area contributed by atoms with Crippen LogP contribution in [0.5, 0.6) is 0 Å². The molecule has 0 amide bonds. The molecule has 2 saturated heterocycles. The van der Waals surface area contributed by atoms with Crippen LogP contribution in [0.15, 0.2) is 18.7 Å². The van der Waals surface area contributed by atoms with E-state index in [1.165, 1.54) is 17.8 Å². The van der Waals surface area contributed by atoms with Crippen molar-refractivity contribution in [2.45, 2.75) is 37.4 Å². The summed E-state index contributed by atoms with van der Waals surface area (Å²) in [6.07, 6.45) is 8.59. The third-order valence-corrected chi connectivity index (χ3v) is 5.29. The molecule has 2 aliphatic rings. The predicted molar refractivity (Wildman–Crippen MR) is 75.0 cm³/mol. The lowest BCUT2D eigenvalue weighted by Gasteiger charge is -2.44. The molecule has 1 spiro atoms. The Kier molecular flexibility index (Phi) is 4.05. The number of ether oxygens (including phenoxy) is 1. The molecule has 19 heavy (non-hydrogen) atoms. The summed E-state index contributed by atoms with van der Waals surface area (Å²) in [5.41, 5.74) is 0.847. The Balaban J connectivity index is 1.71. The molecule has 0 bridgehead atoms. The van der Waals surface area contributed by atoms with Crippen LogP contribution in [-0.2, 0) is 4.74 Å². The molecule has 0 aromatic carbocycles. The lowest BCUT2D eigenvalue weighted by molar-refractivity contribution is -0.121. The number of rotatable bonds is 2.